The Morgan fingerprint density at radius 1 is 1.22 bits per heavy atom. The number of rotatable bonds is 8. The van der Waals surface area contributed by atoms with Crippen molar-refractivity contribution in [2.45, 2.75) is 30.5 Å². The fourth-order valence-electron chi connectivity index (χ4n) is 3.21. The van der Waals surface area contributed by atoms with Crippen molar-refractivity contribution in [1.82, 2.24) is 4.98 Å². The van der Waals surface area contributed by atoms with Crippen LogP contribution in [0.2, 0.25) is 1.41 Å². The molecule has 0 radical (unpaired) electrons. The SMILES string of the molecule is [2H]N(c1ccc2c(C(F)(F)F)c(-c3cccs3)c(=O)[nH]c2c1)[C@@H](C=O)[C@@H](O)[C@H](O)[C@H](O)CO. The van der Waals surface area contributed by atoms with Gasteiger partial charge in [0.25, 0.3) is 5.56 Å². The Balaban J connectivity index is 2.11. The van der Waals surface area contributed by atoms with Crippen molar-refractivity contribution in [3.8, 4) is 10.4 Å². The maximum Gasteiger partial charge on any atom is 0.417 e. The highest BCUT2D eigenvalue weighted by Gasteiger charge is 2.38. The highest BCUT2D eigenvalue weighted by molar-refractivity contribution is 7.13. The van der Waals surface area contributed by atoms with Crippen molar-refractivity contribution in [3.63, 3.8) is 0 Å². The fraction of sp³-hybridized carbons (Fsp3) is 0.300. The van der Waals surface area contributed by atoms with Gasteiger partial charge in [0.2, 0.25) is 0 Å². The summed E-state index contributed by atoms with van der Waals surface area (Å²) in [5.41, 5.74) is -3.14. The molecule has 0 aliphatic rings. The maximum atomic E-state index is 13.9. The lowest BCUT2D eigenvalue weighted by atomic mass is 10.00. The highest BCUT2D eigenvalue weighted by Crippen LogP contribution is 2.41. The second-order valence-electron chi connectivity index (χ2n) is 6.90. The first kappa shape index (κ1) is 22.4. The van der Waals surface area contributed by atoms with Crippen molar-refractivity contribution < 1.29 is 39.8 Å². The molecule has 172 valence electrons. The van der Waals surface area contributed by atoms with E-state index in [-0.39, 0.29) is 27.8 Å². The van der Waals surface area contributed by atoms with Gasteiger partial charge in [-0.05, 0) is 23.6 Å². The number of anilines is 1. The number of carbonyl (C=O) groups is 1. The number of benzene rings is 1. The molecular formula is C20H19F3N2O6S. The maximum absolute atomic E-state index is 13.9. The quantitative estimate of drug-likeness (QED) is 0.271. The number of nitrogens with one attached hydrogen (secondary N) is 2. The summed E-state index contributed by atoms with van der Waals surface area (Å²) in [5, 5.41) is 40.0. The van der Waals surface area contributed by atoms with Gasteiger partial charge in [0.05, 0.1) is 23.3 Å². The Kier molecular flexibility index (Phi) is 6.58. The monoisotopic (exact) mass is 473 g/mol. The predicted molar refractivity (Wildman–Crippen MR) is 111 cm³/mol. The van der Waals surface area contributed by atoms with Crippen LogP contribution in [0, 0.1) is 0 Å². The van der Waals surface area contributed by atoms with Gasteiger partial charge in [-0.1, -0.05) is 12.1 Å². The number of fused-ring (bicyclic) bond motifs is 1. The number of pyridine rings is 1. The van der Waals surface area contributed by atoms with Crippen LogP contribution in [-0.4, -0.2) is 62.7 Å². The van der Waals surface area contributed by atoms with Crippen molar-refractivity contribution in [2.75, 3.05) is 11.9 Å². The Morgan fingerprint density at radius 2 is 1.94 bits per heavy atom. The predicted octanol–water partition coefficient (Wildman–Crippen LogP) is 1.33. The summed E-state index contributed by atoms with van der Waals surface area (Å²) < 4.78 is 50.0. The molecule has 2 heterocycles. The molecule has 32 heavy (non-hydrogen) atoms. The highest BCUT2D eigenvalue weighted by atomic mass is 32.1. The number of hydrogen-bond donors (Lipinski definition) is 6. The summed E-state index contributed by atoms with van der Waals surface area (Å²) >= 11 is 0.967. The number of aromatic nitrogens is 1. The van der Waals surface area contributed by atoms with Gasteiger partial charge in [-0.25, -0.2) is 0 Å². The lowest BCUT2D eigenvalue weighted by molar-refractivity contribution is -0.135. The van der Waals surface area contributed by atoms with Crippen LogP contribution in [0.4, 0.5) is 18.9 Å². The number of halogens is 3. The summed E-state index contributed by atoms with van der Waals surface area (Å²) in [6.45, 7) is -0.925. The van der Waals surface area contributed by atoms with Crippen LogP contribution in [0.5, 0.6) is 0 Å². The van der Waals surface area contributed by atoms with Crippen LogP contribution in [0.3, 0.4) is 0 Å². The Bertz CT molecular complexity index is 1190. The zero-order valence-corrected chi connectivity index (χ0v) is 17.0. The molecule has 2 aromatic heterocycles. The summed E-state index contributed by atoms with van der Waals surface area (Å²) in [6.07, 6.45) is -10.6. The van der Waals surface area contributed by atoms with Gasteiger partial charge in [-0.2, -0.15) is 13.2 Å². The molecule has 8 nitrogen and oxygen atoms in total. The summed E-state index contributed by atoms with van der Waals surface area (Å²) in [6, 6.07) is 4.28. The molecule has 0 saturated heterocycles. The number of hydrogen-bond acceptors (Lipinski definition) is 8. The molecule has 0 bridgehead atoms. The van der Waals surface area contributed by atoms with Gasteiger partial charge < -0.3 is 35.5 Å². The summed E-state index contributed by atoms with van der Waals surface area (Å²) in [5.74, 6) is 0. The largest absolute Gasteiger partial charge is 0.417 e. The minimum absolute atomic E-state index is 0.0962. The average Bonchev–Trinajstić information content (AvgIpc) is 3.30. The first-order chi connectivity index (χ1) is 15.5. The van der Waals surface area contributed by atoms with Crippen molar-refractivity contribution in [1.29, 1.82) is 0 Å². The molecule has 6 N–H and O–H groups in total. The van der Waals surface area contributed by atoms with E-state index in [0.29, 0.717) is 5.31 Å². The van der Waals surface area contributed by atoms with Crippen molar-refractivity contribution in [3.05, 3.63) is 51.6 Å². The van der Waals surface area contributed by atoms with E-state index in [9.17, 15) is 38.1 Å². The minimum atomic E-state index is -4.87. The lowest BCUT2D eigenvalue weighted by Gasteiger charge is -2.27. The first-order valence-corrected chi connectivity index (χ1v) is 10.1. The van der Waals surface area contributed by atoms with Crippen LogP contribution in [0.15, 0.2) is 40.5 Å². The number of aliphatic hydroxyl groups excluding tert-OH is 4. The van der Waals surface area contributed by atoms with Crippen LogP contribution < -0.4 is 10.9 Å². The van der Waals surface area contributed by atoms with E-state index in [0.717, 1.165) is 29.5 Å². The van der Waals surface area contributed by atoms with E-state index in [4.69, 9.17) is 6.52 Å². The van der Waals surface area contributed by atoms with E-state index >= 15 is 0 Å². The number of alkyl halides is 3. The van der Waals surface area contributed by atoms with Crippen molar-refractivity contribution >= 4 is 34.2 Å². The topological polar surface area (TPSA) is 143 Å². The molecule has 0 fully saturated rings. The zero-order chi connectivity index (χ0) is 24.5. The van der Waals surface area contributed by atoms with Gasteiger partial charge in [0.1, 0.15) is 30.6 Å². The van der Waals surface area contributed by atoms with E-state index in [1.54, 1.807) is 0 Å². The molecule has 0 amide bonds. The third-order valence-corrected chi connectivity index (χ3v) is 5.65. The van der Waals surface area contributed by atoms with Crippen LogP contribution in [0.1, 0.15) is 5.56 Å². The second kappa shape index (κ2) is 9.38. The molecule has 0 aliphatic carbocycles. The summed E-state index contributed by atoms with van der Waals surface area (Å²) in [7, 11) is 0. The van der Waals surface area contributed by atoms with Crippen LogP contribution >= 0.6 is 11.3 Å². The number of aliphatic hydroxyl groups is 4. The molecule has 3 aromatic rings. The summed E-state index contributed by atoms with van der Waals surface area (Å²) in [4.78, 5) is 26.5. The zero-order valence-electron chi connectivity index (χ0n) is 17.2. The lowest BCUT2D eigenvalue weighted by Crippen LogP contribution is -2.49. The number of aldehydes is 1. The van der Waals surface area contributed by atoms with Crippen LogP contribution in [-0.2, 0) is 11.0 Å². The first-order valence-electron chi connectivity index (χ1n) is 9.65. The third-order valence-electron chi connectivity index (χ3n) is 4.77. The smallest absolute Gasteiger partial charge is 0.394 e. The van der Waals surface area contributed by atoms with Gasteiger partial charge in [-0.3, -0.25) is 4.79 Å². The van der Waals surface area contributed by atoms with Crippen LogP contribution in [0.25, 0.3) is 21.3 Å². The van der Waals surface area contributed by atoms with Crippen molar-refractivity contribution in [2.24, 2.45) is 0 Å². The number of aromatic amines is 1. The number of H-pyrrole nitrogens is 1. The van der Waals surface area contributed by atoms with Gasteiger partial charge in [-0.15, -0.1) is 11.3 Å². The Labute approximate surface area is 184 Å². The molecule has 3 rings (SSSR count). The van der Waals surface area contributed by atoms with E-state index in [1.807, 2.05) is 0 Å². The molecule has 0 spiro atoms. The second-order valence-corrected chi connectivity index (χ2v) is 7.84. The molecule has 0 aliphatic heterocycles. The molecule has 0 saturated carbocycles. The van der Waals surface area contributed by atoms with E-state index < -0.39 is 53.8 Å². The van der Waals surface area contributed by atoms with Gasteiger partial charge in [0, 0.05) is 16.0 Å². The Morgan fingerprint density at radius 3 is 2.50 bits per heavy atom. The fourth-order valence-corrected chi connectivity index (χ4v) is 3.99. The normalized spacial score (nSPS) is 16.3. The Hall–Kier alpha value is -2.77. The standard InChI is InChI=1S/C20H19F3N2O6S/c21-20(22,23)16-10-4-3-9(24-12(7-26)17(29)18(30)13(28)8-27)6-11(10)25-19(31)15(16)14-2-1-5-32-14/h1-7,12-13,17-18,24,27-30H,8H2,(H,25,31)/t12-,13+,17+,18+/m0/s1/i/hD. The number of thiophene rings is 1. The molecule has 0 unspecified atom stereocenters. The van der Waals surface area contributed by atoms with E-state index in [2.05, 4.69) is 4.98 Å². The molecule has 12 heteroatoms. The number of carbonyl (C=O) groups excluding carboxylic acids is 1. The minimum Gasteiger partial charge on any atom is -0.394 e. The molecular weight excluding hydrogens is 453 g/mol. The van der Waals surface area contributed by atoms with Gasteiger partial charge in [0.15, 0.2) is 1.41 Å². The molecule has 1 aromatic carbocycles. The molecule has 4 atom stereocenters. The third kappa shape index (κ3) is 4.69. The average molecular weight is 473 g/mol. The van der Waals surface area contributed by atoms with Gasteiger partial charge >= 0.3 is 6.18 Å². The van der Waals surface area contributed by atoms with E-state index in [1.165, 1.54) is 17.5 Å².